The quantitative estimate of drug-likeness (QED) is 0.400. The standard InChI is InChI=1S/C28H28N4O4/c33-28(29-8-10-31-11-13-34-14-12-31)20-7-9-32-23(20)16-21-19-3-1-2-4-22(19)30-26(21)27(32)18-5-6-24-25(15-18)36-17-35-24/h1-7,9,15,27,30H,8,10-14,16-17H2,(H,29,33)/t27-/m1/s1. The monoisotopic (exact) mass is 484 g/mol. The summed E-state index contributed by atoms with van der Waals surface area (Å²) in [6, 6.07) is 16.3. The van der Waals surface area contributed by atoms with Crippen LogP contribution in [0.2, 0.25) is 0 Å². The molecule has 8 nitrogen and oxygen atoms in total. The van der Waals surface area contributed by atoms with Gasteiger partial charge in [-0.3, -0.25) is 9.69 Å². The average molecular weight is 485 g/mol. The van der Waals surface area contributed by atoms with Gasteiger partial charge in [0.1, 0.15) is 0 Å². The van der Waals surface area contributed by atoms with Gasteiger partial charge in [0.15, 0.2) is 11.5 Å². The van der Waals surface area contributed by atoms with Crippen LogP contribution in [-0.4, -0.2) is 66.5 Å². The molecule has 2 aromatic carbocycles. The summed E-state index contributed by atoms with van der Waals surface area (Å²) >= 11 is 0. The second kappa shape index (κ2) is 8.72. The summed E-state index contributed by atoms with van der Waals surface area (Å²) in [5.74, 6) is 1.50. The first-order valence-electron chi connectivity index (χ1n) is 12.5. The highest BCUT2D eigenvalue weighted by atomic mass is 16.7. The Hall–Kier alpha value is -3.75. The van der Waals surface area contributed by atoms with Crippen molar-refractivity contribution in [2.45, 2.75) is 12.5 Å². The third-order valence-corrected chi connectivity index (χ3v) is 7.54. The molecule has 0 bridgehead atoms. The molecule has 184 valence electrons. The van der Waals surface area contributed by atoms with Gasteiger partial charge in [-0.25, -0.2) is 0 Å². The average Bonchev–Trinajstić information content (AvgIpc) is 3.64. The van der Waals surface area contributed by atoms with Crippen LogP contribution in [-0.2, 0) is 11.2 Å². The number of aromatic nitrogens is 2. The molecule has 5 heterocycles. The number of hydrogen-bond acceptors (Lipinski definition) is 5. The Bertz CT molecular complexity index is 1450. The van der Waals surface area contributed by atoms with Gasteiger partial charge in [0.05, 0.1) is 24.8 Å². The molecule has 1 fully saturated rings. The van der Waals surface area contributed by atoms with Crippen molar-refractivity contribution in [3.05, 3.63) is 82.8 Å². The highest BCUT2D eigenvalue weighted by Gasteiger charge is 2.33. The van der Waals surface area contributed by atoms with Crippen LogP contribution in [0.1, 0.15) is 38.9 Å². The van der Waals surface area contributed by atoms with Gasteiger partial charge in [0.2, 0.25) is 6.79 Å². The van der Waals surface area contributed by atoms with Crippen LogP contribution in [0.4, 0.5) is 0 Å². The molecule has 2 N–H and O–H groups in total. The maximum absolute atomic E-state index is 13.3. The molecule has 0 saturated carbocycles. The summed E-state index contributed by atoms with van der Waals surface area (Å²) in [7, 11) is 0. The van der Waals surface area contributed by atoms with E-state index in [4.69, 9.17) is 14.2 Å². The maximum Gasteiger partial charge on any atom is 0.253 e. The maximum atomic E-state index is 13.3. The normalized spacial score (nSPS) is 18.7. The van der Waals surface area contributed by atoms with E-state index in [-0.39, 0.29) is 18.7 Å². The molecule has 1 amide bonds. The van der Waals surface area contributed by atoms with Crippen molar-refractivity contribution in [1.29, 1.82) is 0 Å². The molecular weight excluding hydrogens is 456 g/mol. The third-order valence-electron chi connectivity index (χ3n) is 7.54. The molecule has 4 aromatic rings. The number of fused-ring (bicyclic) bond motifs is 5. The number of morpholine rings is 1. The molecule has 3 aliphatic rings. The Balaban J connectivity index is 1.24. The van der Waals surface area contributed by atoms with Crippen LogP contribution in [0.15, 0.2) is 54.7 Å². The van der Waals surface area contributed by atoms with Gasteiger partial charge in [0, 0.05) is 61.1 Å². The Kier molecular flexibility index (Phi) is 5.22. The number of para-hydroxylation sites is 1. The predicted molar refractivity (Wildman–Crippen MR) is 135 cm³/mol. The van der Waals surface area contributed by atoms with Gasteiger partial charge in [-0.2, -0.15) is 0 Å². The summed E-state index contributed by atoms with van der Waals surface area (Å²) in [4.78, 5) is 19.3. The molecule has 0 unspecified atom stereocenters. The van der Waals surface area contributed by atoms with Crippen LogP contribution in [0.5, 0.6) is 11.5 Å². The molecule has 0 spiro atoms. The number of ether oxygens (including phenoxy) is 3. The number of carbonyl (C=O) groups is 1. The Morgan fingerprint density at radius 1 is 1.06 bits per heavy atom. The first-order chi connectivity index (χ1) is 17.8. The lowest BCUT2D eigenvalue weighted by molar-refractivity contribution is 0.0383. The summed E-state index contributed by atoms with van der Waals surface area (Å²) in [6.45, 7) is 5.04. The molecule has 36 heavy (non-hydrogen) atoms. The molecule has 1 saturated heterocycles. The van der Waals surface area contributed by atoms with E-state index < -0.39 is 0 Å². The zero-order valence-corrected chi connectivity index (χ0v) is 20.0. The van der Waals surface area contributed by atoms with Crippen molar-refractivity contribution >= 4 is 16.8 Å². The van der Waals surface area contributed by atoms with Crippen LogP contribution in [0.25, 0.3) is 10.9 Å². The Morgan fingerprint density at radius 3 is 2.83 bits per heavy atom. The van der Waals surface area contributed by atoms with Crippen LogP contribution < -0.4 is 14.8 Å². The number of aromatic amines is 1. The number of amides is 1. The number of benzene rings is 2. The van der Waals surface area contributed by atoms with Gasteiger partial charge >= 0.3 is 0 Å². The molecule has 2 aromatic heterocycles. The van der Waals surface area contributed by atoms with E-state index in [1.165, 1.54) is 10.9 Å². The van der Waals surface area contributed by atoms with Crippen LogP contribution >= 0.6 is 0 Å². The summed E-state index contributed by atoms with van der Waals surface area (Å²) in [5, 5.41) is 4.35. The molecular formula is C28H28N4O4. The number of rotatable bonds is 5. The van der Waals surface area contributed by atoms with E-state index in [1.807, 2.05) is 24.4 Å². The highest BCUT2D eigenvalue weighted by Crippen LogP contribution is 2.43. The number of H-pyrrole nitrogens is 1. The first-order valence-corrected chi connectivity index (χ1v) is 12.5. The van der Waals surface area contributed by atoms with E-state index in [0.717, 1.165) is 72.4 Å². The largest absolute Gasteiger partial charge is 0.454 e. The second-order valence-corrected chi connectivity index (χ2v) is 9.55. The van der Waals surface area contributed by atoms with E-state index in [2.05, 4.69) is 50.1 Å². The molecule has 8 heteroatoms. The van der Waals surface area contributed by atoms with Crippen molar-refractivity contribution < 1.29 is 19.0 Å². The fourth-order valence-corrected chi connectivity index (χ4v) is 5.72. The van der Waals surface area contributed by atoms with E-state index in [9.17, 15) is 4.79 Å². The van der Waals surface area contributed by atoms with Crippen molar-refractivity contribution in [3.8, 4) is 11.5 Å². The van der Waals surface area contributed by atoms with E-state index in [0.29, 0.717) is 13.0 Å². The minimum absolute atomic E-state index is 0.0234. The lowest BCUT2D eigenvalue weighted by Crippen LogP contribution is -2.41. The van der Waals surface area contributed by atoms with Gasteiger partial charge < -0.3 is 29.1 Å². The predicted octanol–water partition coefficient (Wildman–Crippen LogP) is 3.30. The van der Waals surface area contributed by atoms with Crippen molar-refractivity contribution in [3.63, 3.8) is 0 Å². The van der Waals surface area contributed by atoms with Crippen molar-refractivity contribution in [1.82, 2.24) is 19.8 Å². The molecule has 0 radical (unpaired) electrons. The van der Waals surface area contributed by atoms with Gasteiger partial charge in [-0.05, 0) is 35.4 Å². The number of hydrogen-bond donors (Lipinski definition) is 2. The van der Waals surface area contributed by atoms with Crippen LogP contribution in [0.3, 0.4) is 0 Å². The molecule has 0 aliphatic carbocycles. The summed E-state index contributed by atoms with van der Waals surface area (Å²) in [5.41, 5.74) is 6.34. The molecule has 3 aliphatic heterocycles. The summed E-state index contributed by atoms with van der Waals surface area (Å²) < 4.78 is 18.9. The van der Waals surface area contributed by atoms with Crippen molar-refractivity contribution in [2.24, 2.45) is 0 Å². The topological polar surface area (TPSA) is 80.8 Å². The van der Waals surface area contributed by atoms with Crippen LogP contribution in [0, 0.1) is 0 Å². The first kappa shape index (κ1) is 21.5. The number of carbonyl (C=O) groups excluding carboxylic acids is 1. The van der Waals surface area contributed by atoms with E-state index >= 15 is 0 Å². The third kappa shape index (κ3) is 3.56. The number of nitrogens with zero attached hydrogens (tertiary/aromatic N) is 2. The Labute approximate surface area is 208 Å². The van der Waals surface area contributed by atoms with Gasteiger partial charge in [0.25, 0.3) is 5.91 Å². The number of nitrogens with one attached hydrogen (secondary N) is 2. The smallest absolute Gasteiger partial charge is 0.253 e. The fourth-order valence-electron chi connectivity index (χ4n) is 5.72. The minimum Gasteiger partial charge on any atom is -0.454 e. The fraction of sp³-hybridized carbons (Fsp3) is 0.321. The minimum atomic E-state index is -0.0967. The second-order valence-electron chi connectivity index (χ2n) is 9.55. The van der Waals surface area contributed by atoms with Crippen molar-refractivity contribution in [2.75, 3.05) is 46.2 Å². The zero-order chi connectivity index (χ0) is 24.1. The lowest BCUT2D eigenvalue weighted by atomic mass is 9.92. The molecule has 7 rings (SSSR count). The van der Waals surface area contributed by atoms with Gasteiger partial charge in [-0.1, -0.05) is 24.3 Å². The SMILES string of the molecule is O=C(NCCN1CCOCC1)c1ccn2c1Cc1c([nH]c3ccccc13)[C@H]2c1ccc2c(c1)OCO2. The Morgan fingerprint density at radius 2 is 1.92 bits per heavy atom. The zero-order valence-electron chi connectivity index (χ0n) is 20.0. The van der Waals surface area contributed by atoms with Gasteiger partial charge in [-0.15, -0.1) is 0 Å². The lowest BCUT2D eigenvalue weighted by Gasteiger charge is -2.28. The highest BCUT2D eigenvalue weighted by molar-refractivity contribution is 5.96. The molecule has 1 atom stereocenters. The van der Waals surface area contributed by atoms with E-state index in [1.54, 1.807) is 0 Å². The summed E-state index contributed by atoms with van der Waals surface area (Å²) in [6.07, 6.45) is 2.73.